The summed E-state index contributed by atoms with van der Waals surface area (Å²) in [5.74, 6) is 0.482. The first kappa shape index (κ1) is 22.2. The van der Waals surface area contributed by atoms with Gasteiger partial charge in [0, 0.05) is 15.7 Å². The van der Waals surface area contributed by atoms with Crippen LogP contribution in [0.25, 0.3) is 6.08 Å². The highest BCUT2D eigenvalue weighted by molar-refractivity contribution is 6.31. The number of methoxy groups -OCH3 is 1. The number of benzene rings is 3. The SMILES string of the molecule is COc1ccc(/C=C(\C#N)C(=O)Nc2cccc(Cl)c2)cc1OCc1ccc(Cl)cc1. The molecule has 0 saturated heterocycles. The molecule has 3 aromatic rings. The summed E-state index contributed by atoms with van der Waals surface area (Å²) in [5.41, 5.74) is 1.99. The van der Waals surface area contributed by atoms with Crippen molar-refractivity contribution in [2.75, 3.05) is 12.4 Å². The maximum absolute atomic E-state index is 12.5. The van der Waals surface area contributed by atoms with Gasteiger partial charge in [0.2, 0.25) is 0 Å². The molecule has 0 aliphatic rings. The maximum Gasteiger partial charge on any atom is 0.266 e. The molecule has 0 heterocycles. The summed E-state index contributed by atoms with van der Waals surface area (Å²) in [6, 6.07) is 21.1. The van der Waals surface area contributed by atoms with Crippen molar-refractivity contribution in [3.63, 3.8) is 0 Å². The van der Waals surface area contributed by atoms with Gasteiger partial charge in [-0.2, -0.15) is 5.26 Å². The normalized spacial score (nSPS) is 10.8. The molecule has 0 spiro atoms. The zero-order valence-corrected chi connectivity index (χ0v) is 18.1. The molecule has 0 aliphatic carbocycles. The Hall–Kier alpha value is -3.46. The third kappa shape index (κ3) is 6.26. The average molecular weight is 453 g/mol. The summed E-state index contributed by atoms with van der Waals surface area (Å²) in [4.78, 5) is 12.5. The number of nitrogens with one attached hydrogen (secondary N) is 1. The number of carbonyl (C=O) groups is 1. The average Bonchev–Trinajstić information content (AvgIpc) is 2.77. The van der Waals surface area contributed by atoms with Crippen molar-refractivity contribution in [2.24, 2.45) is 0 Å². The number of carbonyl (C=O) groups excluding carboxylic acids is 1. The lowest BCUT2D eigenvalue weighted by Crippen LogP contribution is -2.13. The fourth-order valence-corrected chi connectivity index (χ4v) is 3.03. The predicted octanol–water partition coefficient (Wildman–Crippen LogP) is 6.13. The third-order valence-electron chi connectivity index (χ3n) is 4.25. The largest absolute Gasteiger partial charge is 0.493 e. The van der Waals surface area contributed by atoms with E-state index in [4.69, 9.17) is 32.7 Å². The first-order valence-corrected chi connectivity index (χ1v) is 9.98. The van der Waals surface area contributed by atoms with Crippen LogP contribution in [0.5, 0.6) is 11.5 Å². The molecule has 0 saturated carbocycles. The van der Waals surface area contributed by atoms with Gasteiger partial charge in [0.15, 0.2) is 11.5 Å². The molecule has 1 amide bonds. The maximum atomic E-state index is 12.5. The van der Waals surface area contributed by atoms with E-state index in [1.807, 2.05) is 18.2 Å². The van der Waals surface area contributed by atoms with Crippen molar-refractivity contribution in [3.05, 3.63) is 93.5 Å². The van der Waals surface area contributed by atoms with Crippen molar-refractivity contribution >= 4 is 40.9 Å². The van der Waals surface area contributed by atoms with E-state index >= 15 is 0 Å². The Bertz CT molecular complexity index is 1150. The Morgan fingerprint density at radius 2 is 1.81 bits per heavy atom. The molecule has 0 atom stereocenters. The van der Waals surface area contributed by atoms with Crippen molar-refractivity contribution in [3.8, 4) is 17.6 Å². The highest BCUT2D eigenvalue weighted by atomic mass is 35.5. The summed E-state index contributed by atoms with van der Waals surface area (Å²) in [7, 11) is 1.54. The van der Waals surface area contributed by atoms with E-state index in [9.17, 15) is 10.1 Å². The van der Waals surface area contributed by atoms with E-state index in [2.05, 4.69) is 5.32 Å². The Morgan fingerprint density at radius 3 is 2.48 bits per heavy atom. The predicted molar refractivity (Wildman–Crippen MR) is 122 cm³/mol. The number of hydrogen-bond donors (Lipinski definition) is 1. The molecule has 31 heavy (non-hydrogen) atoms. The molecule has 1 N–H and O–H groups in total. The van der Waals surface area contributed by atoms with Gasteiger partial charge < -0.3 is 14.8 Å². The van der Waals surface area contributed by atoms with E-state index in [1.165, 1.54) is 6.08 Å². The summed E-state index contributed by atoms with van der Waals surface area (Å²) < 4.78 is 11.2. The highest BCUT2D eigenvalue weighted by Gasteiger charge is 2.12. The van der Waals surface area contributed by atoms with E-state index in [0.717, 1.165) is 5.56 Å². The van der Waals surface area contributed by atoms with E-state index in [-0.39, 0.29) is 5.57 Å². The van der Waals surface area contributed by atoms with Crippen molar-refractivity contribution in [2.45, 2.75) is 6.61 Å². The lowest BCUT2D eigenvalue weighted by atomic mass is 10.1. The van der Waals surface area contributed by atoms with Crippen LogP contribution < -0.4 is 14.8 Å². The minimum Gasteiger partial charge on any atom is -0.493 e. The van der Waals surface area contributed by atoms with Gasteiger partial charge in [0.1, 0.15) is 18.2 Å². The Labute approximate surface area is 190 Å². The van der Waals surface area contributed by atoms with Gasteiger partial charge in [0.25, 0.3) is 5.91 Å². The molecule has 7 heteroatoms. The number of rotatable bonds is 7. The van der Waals surface area contributed by atoms with Gasteiger partial charge in [0.05, 0.1) is 7.11 Å². The van der Waals surface area contributed by atoms with Crippen LogP contribution in [0, 0.1) is 11.3 Å². The van der Waals surface area contributed by atoms with Crippen LogP contribution in [-0.2, 0) is 11.4 Å². The quantitative estimate of drug-likeness (QED) is 0.345. The third-order valence-corrected chi connectivity index (χ3v) is 4.74. The number of ether oxygens (including phenoxy) is 2. The number of nitriles is 1. The number of hydrogen-bond acceptors (Lipinski definition) is 4. The Kier molecular flexibility index (Phi) is 7.55. The molecular formula is C24H18Cl2N2O3. The summed E-state index contributed by atoms with van der Waals surface area (Å²) in [5, 5.41) is 13.3. The molecule has 3 rings (SSSR count). The molecule has 5 nitrogen and oxygen atoms in total. The molecule has 0 bridgehead atoms. The topological polar surface area (TPSA) is 71.3 Å². The van der Waals surface area contributed by atoms with Crippen molar-refractivity contribution in [1.82, 2.24) is 0 Å². The Morgan fingerprint density at radius 1 is 1.03 bits per heavy atom. The van der Waals surface area contributed by atoms with E-state index in [1.54, 1.807) is 61.7 Å². The van der Waals surface area contributed by atoms with Crippen LogP contribution in [0.1, 0.15) is 11.1 Å². The minimum absolute atomic E-state index is 0.0613. The second kappa shape index (κ2) is 10.5. The summed E-state index contributed by atoms with van der Waals surface area (Å²) >= 11 is 11.8. The van der Waals surface area contributed by atoms with Gasteiger partial charge in [-0.05, 0) is 59.7 Å². The molecule has 156 valence electrons. The van der Waals surface area contributed by atoms with Crippen molar-refractivity contribution < 1.29 is 14.3 Å². The summed E-state index contributed by atoms with van der Waals surface area (Å²) in [6.07, 6.45) is 1.48. The minimum atomic E-state index is -0.538. The second-order valence-electron chi connectivity index (χ2n) is 6.46. The smallest absolute Gasteiger partial charge is 0.266 e. The van der Waals surface area contributed by atoms with Gasteiger partial charge in [-0.15, -0.1) is 0 Å². The fraction of sp³-hybridized carbons (Fsp3) is 0.0833. The van der Waals surface area contributed by atoms with Crippen LogP contribution in [0.2, 0.25) is 10.0 Å². The van der Waals surface area contributed by atoms with Crippen LogP contribution in [0.15, 0.2) is 72.3 Å². The lowest BCUT2D eigenvalue weighted by Gasteiger charge is -2.12. The van der Waals surface area contributed by atoms with Gasteiger partial charge in [-0.3, -0.25) is 4.79 Å². The molecule has 0 unspecified atom stereocenters. The van der Waals surface area contributed by atoms with Crippen LogP contribution in [0.3, 0.4) is 0 Å². The monoisotopic (exact) mass is 452 g/mol. The molecule has 0 aliphatic heterocycles. The van der Waals surface area contributed by atoms with Gasteiger partial charge >= 0.3 is 0 Å². The summed E-state index contributed by atoms with van der Waals surface area (Å²) in [6.45, 7) is 0.307. The van der Waals surface area contributed by atoms with Crippen LogP contribution in [-0.4, -0.2) is 13.0 Å². The molecule has 0 aromatic heterocycles. The molecule has 0 radical (unpaired) electrons. The number of amides is 1. The lowest BCUT2D eigenvalue weighted by molar-refractivity contribution is -0.112. The molecule has 3 aromatic carbocycles. The van der Waals surface area contributed by atoms with E-state index in [0.29, 0.717) is 39.4 Å². The van der Waals surface area contributed by atoms with Crippen molar-refractivity contribution in [1.29, 1.82) is 5.26 Å². The molecule has 0 fully saturated rings. The van der Waals surface area contributed by atoms with Crippen LogP contribution >= 0.6 is 23.2 Å². The Balaban J connectivity index is 1.79. The fourth-order valence-electron chi connectivity index (χ4n) is 2.72. The standard InChI is InChI=1S/C24H18Cl2N2O3/c1-30-22-10-7-17(12-23(22)31-15-16-5-8-19(25)9-6-16)11-18(14-27)24(29)28-21-4-2-3-20(26)13-21/h2-13H,15H2,1H3,(H,28,29)/b18-11+. The first-order valence-electron chi connectivity index (χ1n) is 9.22. The zero-order chi connectivity index (χ0) is 22.2. The number of anilines is 1. The zero-order valence-electron chi connectivity index (χ0n) is 16.6. The van der Waals surface area contributed by atoms with Gasteiger partial charge in [-0.1, -0.05) is 47.5 Å². The molecular weight excluding hydrogens is 435 g/mol. The van der Waals surface area contributed by atoms with E-state index < -0.39 is 5.91 Å². The van der Waals surface area contributed by atoms with Gasteiger partial charge in [-0.25, -0.2) is 0 Å². The number of halogens is 2. The van der Waals surface area contributed by atoms with Crippen LogP contribution in [0.4, 0.5) is 5.69 Å². The highest BCUT2D eigenvalue weighted by Crippen LogP contribution is 2.30. The second-order valence-corrected chi connectivity index (χ2v) is 7.33. The first-order chi connectivity index (χ1) is 15.0. The number of nitrogens with zero attached hydrogens (tertiary/aromatic N) is 1.